The van der Waals surface area contributed by atoms with E-state index in [9.17, 15) is 9.59 Å². The van der Waals surface area contributed by atoms with Crippen molar-refractivity contribution < 1.29 is 14.3 Å². The van der Waals surface area contributed by atoms with Gasteiger partial charge in [-0.3, -0.25) is 9.59 Å². The van der Waals surface area contributed by atoms with Crippen molar-refractivity contribution in [1.29, 1.82) is 0 Å². The number of amides is 1. The summed E-state index contributed by atoms with van der Waals surface area (Å²) in [4.78, 5) is 22.8. The predicted octanol–water partition coefficient (Wildman–Crippen LogP) is 1.74. The second-order valence-electron chi connectivity index (χ2n) is 4.36. The van der Waals surface area contributed by atoms with Crippen LogP contribution in [0.4, 0.5) is 0 Å². The summed E-state index contributed by atoms with van der Waals surface area (Å²) >= 11 is 0. The molecule has 2 rings (SSSR count). The Labute approximate surface area is 122 Å². The molecule has 108 valence electrons. The van der Waals surface area contributed by atoms with E-state index in [2.05, 4.69) is 5.32 Å². The fourth-order valence-corrected chi connectivity index (χ4v) is 1.65. The van der Waals surface area contributed by atoms with Gasteiger partial charge >= 0.3 is 0 Å². The maximum Gasteiger partial charge on any atom is 0.251 e. The summed E-state index contributed by atoms with van der Waals surface area (Å²) in [6.07, 6.45) is 0. The molecular formula is C16H16N2O3. The SMILES string of the molecule is NCC(=O)CNC(=O)c1ccc(Oc2ccccc2)cc1. The number of benzene rings is 2. The topological polar surface area (TPSA) is 81.4 Å². The molecule has 0 saturated carbocycles. The van der Waals surface area contributed by atoms with Crippen molar-refractivity contribution >= 4 is 11.7 Å². The third-order valence-corrected chi connectivity index (χ3v) is 2.77. The van der Waals surface area contributed by atoms with E-state index in [0.29, 0.717) is 11.3 Å². The van der Waals surface area contributed by atoms with E-state index < -0.39 is 0 Å². The van der Waals surface area contributed by atoms with Gasteiger partial charge in [-0.05, 0) is 36.4 Å². The van der Waals surface area contributed by atoms with Gasteiger partial charge in [0.1, 0.15) is 11.5 Å². The van der Waals surface area contributed by atoms with Crippen LogP contribution in [0, 0.1) is 0 Å². The van der Waals surface area contributed by atoms with Gasteiger partial charge in [0.25, 0.3) is 5.91 Å². The first kappa shape index (κ1) is 14.7. The summed E-state index contributed by atoms with van der Waals surface area (Å²) < 4.78 is 5.63. The molecule has 0 radical (unpaired) electrons. The van der Waals surface area contributed by atoms with Gasteiger partial charge in [0.15, 0.2) is 5.78 Å². The van der Waals surface area contributed by atoms with E-state index in [1.165, 1.54) is 0 Å². The lowest BCUT2D eigenvalue weighted by molar-refractivity contribution is -0.116. The van der Waals surface area contributed by atoms with Gasteiger partial charge in [-0.1, -0.05) is 18.2 Å². The average molecular weight is 284 g/mol. The van der Waals surface area contributed by atoms with Crippen LogP contribution in [0.25, 0.3) is 0 Å². The number of hydrogen-bond donors (Lipinski definition) is 2. The molecule has 0 bridgehead atoms. The highest BCUT2D eigenvalue weighted by molar-refractivity contribution is 5.97. The number of nitrogens with one attached hydrogen (secondary N) is 1. The molecule has 0 spiro atoms. The minimum atomic E-state index is -0.317. The Morgan fingerprint density at radius 2 is 1.57 bits per heavy atom. The van der Waals surface area contributed by atoms with Crippen molar-refractivity contribution in [2.24, 2.45) is 5.73 Å². The predicted molar refractivity (Wildman–Crippen MR) is 79.4 cm³/mol. The minimum absolute atomic E-state index is 0.0579. The smallest absolute Gasteiger partial charge is 0.251 e. The van der Waals surface area contributed by atoms with Gasteiger partial charge in [0, 0.05) is 5.56 Å². The molecule has 0 fully saturated rings. The molecule has 0 aliphatic rings. The maximum atomic E-state index is 11.8. The fraction of sp³-hybridized carbons (Fsp3) is 0.125. The number of rotatable bonds is 6. The number of carbonyl (C=O) groups excluding carboxylic acids is 2. The van der Waals surface area contributed by atoms with Gasteiger partial charge in [0.05, 0.1) is 13.1 Å². The molecule has 0 unspecified atom stereocenters. The van der Waals surface area contributed by atoms with Crippen molar-refractivity contribution in [3.05, 3.63) is 60.2 Å². The van der Waals surface area contributed by atoms with Crippen LogP contribution in [0.15, 0.2) is 54.6 Å². The first-order valence-electron chi connectivity index (χ1n) is 6.52. The normalized spacial score (nSPS) is 9.95. The molecular weight excluding hydrogens is 268 g/mol. The summed E-state index contributed by atoms with van der Waals surface area (Å²) in [5.74, 6) is 0.828. The van der Waals surface area contributed by atoms with Crippen LogP contribution in [-0.2, 0) is 4.79 Å². The van der Waals surface area contributed by atoms with Gasteiger partial charge in [-0.15, -0.1) is 0 Å². The van der Waals surface area contributed by atoms with Crippen molar-refractivity contribution in [2.45, 2.75) is 0 Å². The molecule has 0 heterocycles. The number of hydrogen-bond acceptors (Lipinski definition) is 4. The zero-order valence-electron chi connectivity index (χ0n) is 11.4. The Morgan fingerprint density at radius 3 is 2.19 bits per heavy atom. The molecule has 0 aliphatic heterocycles. The van der Waals surface area contributed by atoms with Crippen LogP contribution in [-0.4, -0.2) is 24.8 Å². The molecule has 3 N–H and O–H groups in total. The van der Waals surface area contributed by atoms with E-state index >= 15 is 0 Å². The molecule has 1 amide bonds. The molecule has 21 heavy (non-hydrogen) atoms. The van der Waals surface area contributed by atoms with Gasteiger partial charge in [-0.25, -0.2) is 0 Å². The zero-order chi connectivity index (χ0) is 15.1. The summed E-state index contributed by atoms with van der Waals surface area (Å²) in [6, 6.07) is 16.0. The number of para-hydroxylation sites is 1. The largest absolute Gasteiger partial charge is 0.457 e. The molecule has 2 aromatic rings. The van der Waals surface area contributed by atoms with Crippen molar-refractivity contribution in [2.75, 3.05) is 13.1 Å². The van der Waals surface area contributed by atoms with E-state index in [1.54, 1.807) is 24.3 Å². The van der Waals surface area contributed by atoms with Crippen LogP contribution in [0.1, 0.15) is 10.4 Å². The lowest BCUT2D eigenvalue weighted by atomic mass is 10.2. The minimum Gasteiger partial charge on any atom is -0.457 e. The second-order valence-corrected chi connectivity index (χ2v) is 4.36. The lowest BCUT2D eigenvalue weighted by Crippen LogP contribution is -2.32. The summed E-state index contributed by atoms with van der Waals surface area (Å²) in [6.45, 7) is -0.137. The Kier molecular flexibility index (Phi) is 5.06. The highest BCUT2D eigenvalue weighted by atomic mass is 16.5. The molecule has 2 aromatic carbocycles. The van der Waals surface area contributed by atoms with Crippen molar-refractivity contribution in [1.82, 2.24) is 5.32 Å². The summed E-state index contributed by atoms with van der Waals surface area (Å²) in [7, 11) is 0. The third kappa shape index (κ3) is 4.43. The number of ether oxygens (including phenoxy) is 1. The Balaban J connectivity index is 1.95. The van der Waals surface area contributed by atoms with E-state index in [4.69, 9.17) is 10.5 Å². The van der Waals surface area contributed by atoms with E-state index in [-0.39, 0.29) is 24.8 Å². The zero-order valence-corrected chi connectivity index (χ0v) is 11.4. The number of carbonyl (C=O) groups is 2. The first-order chi connectivity index (χ1) is 10.2. The summed E-state index contributed by atoms with van der Waals surface area (Å²) in [5.41, 5.74) is 5.63. The monoisotopic (exact) mass is 284 g/mol. The van der Waals surface area contributed by atoms with Gasteiger partial charge < -0.3 is 15.8 Å². The highest BCUT2D eigenvalue weighted by Gasteiger charge is 2.07. The molecule has 0 atom stereocenters. The number of ketones is 1. The van der Waals surface area contributed by atoms with E-state index in [0.717, 1.165) is 5.75 Å². The van der Waals surface area contributed by atoms with Gasteiger partial charge in [-0.2, -0.15) is 0 Å². The Bertz CT molecular complexity index is 609. The van der Waals surface area contributed by atoms with Crippen LogP contribution >= 0.6 is 0 Å². The van der Waals surface area contributed by atoms with Crippen LogP contribution in [0.5, 0.6) is 11.5 Å². The molecule has 0 saturated heterocycles. The second kappa shape index (κ2) is 7.21. The lowest BCUT2D eigenvalue weighted by Gasteiger charge is -2.07. The quantitative estimate of drug-likeness (QED) is 0.846. The first-order valence-corrected chi connectivity index (χ1v) is 6.52. The maximum absolute atomic E-state index is 11.8. The molecule has 5 nitrogen and oxygen atoms in total. The highest BCUT2D eigenvalue weighted by Crippen LogP contribution is 2.20. The number of Topliss-reactive ketones (excluding diaryl/α,β-unsaturated/α-hetero) is 1. The third-order valence-electron chi connectivity index (χ3n) is 2.77. The van der Waals surface area contributed by atoms with Crippen LogP contribution in [0.3, 0.4) is 0 Å². The van der Waals surface area contributed by atoms with Crippen LogP contribution in [0.2, 0.25) is 0 Å². The molecule has 0 aromatic heterocycles. The van der Waals surface area contributed by atoms with Gasteiger partial charge in [0.2, 0.25) is 0 Å². The fourth-order valence-electron chi connectivity index (χ4n) is 1.65. The molecule has 5 heteroatoms. The average Bonchev–Trinajstić information content (AvgIpc) is 2.54. The Hall–Kier alpha value is -2.66. The summed E-state index contributed by atoms with van der Waals surface area (Å²) in [5, 5.41) is 2.51. The standard InChI is InChI=1S/C16H16N2O3/c17-10-13(19)11-18-16(20)12-6-8-15(9-7-12)21-14-4-2-1-3-5-14/h1-9H,10-11,17H2,(H,18,20). The number of nitrogens with two attached hydrogens (primary N) is 1. The van der Waals surface area contributed by atoms with Crippen molar-refractivity contribution in [3.8, 4) is 11.5 Å². The Morgan fingerprint density at radius 1 is 0.952 bits per heavy atom. The van der Waals surface area contributed by atoms with E-state index in [1.807, 2.05) is 30.3 Å². The van der Waals surface area contributed by atoms with Crippen molar-refractivity contribution in [3.63, 3.8) is 0 Å². The van der Waals surface area contributed by atoms with Crippen LogP contribution < -0.4 is 15.8 Å². The molecule has 0 aliphatic carbocycles.